The number of methoxy groups -OCH3 is 1. The van der Waals surface area contributed by atoms with E-state index in [4.69, 9.17) is 14.5 Å². The lowest BCUT2D eigenvalue weighted by Gasteiger charge is -2.22. The maximum atomic E-state index is 13.8. The molecule has 1 fully saturated rings. The van der Waals surface area contributed by atoms with E-state index in [9.17, 15) is 4.79 Å². The number of nitrogens with zero attached hydrogens (tertiary/aromatic N) is 2. The molecular formula is C23H26N2O3S2. The molecule has 0 amide bonds. The molecule has 3 aromatic rings. The topological polar surface area (TPSA) is 53.4 Å². The van der Waals surface area contributed by atoms with E-state index < -0.39 is 0 Å². The first-order chi connectivity index (χ1) is 14.7. The average Bonchev–Trinajstić information content (AvgIpc) is 3.17. The number of aromatic nitrogens is 2. The van der Waals surface area contributed by atoms with Gasteiger partial charge in [-0.1, -0.05) is 17.8 Å². The van der Waals surface area contributed by atoms with Gasteiger partial charge in [-0.2, -0.15) is 0 Å². The summed E-state index contributed by atoms with van der Waals surface area (Å²) in [7, 11) is 1.65. The number of hydrogen-bond donors (Lipinski definition) is 0. The number of benzene rings is 1. The Kier molecular flexibility index (Phi) is 5.85. The van der Waals surface area contributed by atoms with Gasteiger partial charge in [-0.25, -0.2) is 4.98 Å². The minimum atomic E-state index is 0.0414. The van der Waals surface area contributed by atoms with Crippen LogP contribution in [0.15, 0.2) is 34.2 Å². The zero-order valence-corrected chi connectivity index (χ0v) is 18.8. The van der Waals surface area contributed by atoms with E-state index in [1.165, 1.54) is 23.3 Å². The summed E-state index contributed by atoms with van der Waals surface area (Å²) in [4.78, 5) is 21.0. The lowest BCUT2D eigenvalue weighted by Crippen LogP contribution is -2.24. The number of rotatable bonds is 5. The highest BCUT2D eigenvalue weighted by atomic mass is 32.2. The average molecular weight is 443 g/mol. The summed E-state index contributed by atoms with van der Waals surface area (Å²) in [5.74, 6) is 1.55. The van der Waals surface area contributed by atoms with Crippen molar-refractivity contribution in [3.8, 4) is 11.4 Å². The number of aryl methyl sites for hydroxylation is 2. The molecule has 0 saturated carbocycles. The van der Waals surface area contributed by atoms with Crippen molar-refractivity contribution < 1.29 is 9.47 Å². The molecule has 1 atom stereocenters. The first-order valence-corrected chi connectivity index (χ1v) is 12.5. The van der Waals surface area contributed by atoms with E-state index in [-0.39, 0.29) is 11.7 Å². The first kappa shape index (κ1) is 20.1. The maximum absolute atomic E-state index is 13.8. The number of hydrogen-bond acceptors (Lipinski definition) is 6. The summed E-state index contributed by atoms with van der Waals surface area (Å²) in [6.07, 6.45) is 8.04. The molecule has 30 heavy (non-hydrogen) atoms. The van der Waals surface area contributed by atoms with E-state index in [1.807, 2.05) is 24.3 Å². The van der Waals surface area contributed by atoms with Gasteiger partial charge in [0, 0.05) is 23.3 Å². The van der Waals surface area contributed by atoms with Crippen molar-refractivity contribution in [3.05, 3.63) is 45.1 Å². The molecule has 0 bridgehead atoms. The van der Waals surface area contributed by atoms with Gasteiger partial charge in [0.15, 0.2) is 5.16 Å². The van der Waals surface area contributed by atoms with Crippen molar-refractivity contribution in [1.82, 2.24) is 9.55 Å². The van der Waals surface area contributed by atoms with Crippen molar-refractivity contribution in [3.63, 3.8) is 0 Å². The number of thioether (sulfide) groups is 1. The zero-order chi connectivity index (χ0) is 20.5. The fraction of sp³-hybridized carbons (Fsp3) is 0.478. The Morgan fingerprint density at radius 2 is 2.17 bits per heavy atom. The third-order valence-corrected chi connectivity index (χ3v) is 8.20. The van der Waals surface area contributed by atoms with Crippen molar-refractivity contribution in [2.75, 3.05) is 19.5 Å². The van der Waals surface area contributed by atoms with Crippen molar-refractivity contribution >= 4 is 33.3 Å². The van der Waals surface area contributed by atoms with E-state index in [0.29, 0.717) is 0 Å². The summed E-state index contributed by atoms with van der Waals surface area (Å²) in [5.41, 5.74) is 2.07. The Balaban J connectivity index is 1.63. The largest absolute Gasteiger partial charge is 0.497 e. The lowest BCUT2D eigenvalue weighted by molar-refractivity contribution is 0.0315. The smallest absolute Gasteiger partial charge is 0.267 e. The molecule has 0 spiro atoms. The molecule has 5 rings (SSSR count). The third-order valence-electron chi connectivity index (χ3n) is 5.94. The molecular weight excluding hydrogens is 416 g/mol. The predicted octanol–water partition coefficient (Wildman–Crippen LogP) is 5.00. The summed E-state index contributed by atoms with van der Waals surface area (Å²) in [5, 5.41) is 1.56. The maximum Gasteiger partial charge on any atom is 0.267 e. The quantitative estimate of drug-likeness (QED) is 0.411. The van der Waals surface area contributed by atoms with Gasteiger partial charge in [0.25, 0.3) is 5.56 Å². The molecule has 0 N–H and O–H groups in total. The van der Waals surface area contributed by atoms with Crippen LogP contribution in [0.1, 0.15) is 42.5 Å². The predicted molar refractivity (Wildman–Crippen MR) is 123 cm³/mol. The summed E-state index contributed by atoms with van der Waals surface area (Å²) < 4.78 is 13.1. The molecule has 1 aliphatic carbocycles. The van der Waals surface area contributed by atoms with Crippen LogP contribution < -0.4 is 10.3 Å². The fourth-order valence-corrected chi connectivity index (χ4v) is 6.75. The van der Waals surface area contributed by atoms with Gasteiger partial charge in [-0.15, -0.1) is 11.3 Å². The molecule has 5 nitrogen and oxygen atoms in total. The zero-order valence-electron chi connectivity index (χ0n) is 17.2. The summed E-state index contributed by atoms with van der Waals surface area (Å²) in [6, 6.07) is 7.69. The van der Waals surface area contributed by atoms with E-state index in [2.05, 4.69) is 0 Å². The van der Waals surface area contributed by atoms with Crippen LogP contribution in [-0.4, -0.2) is 35.1 Å². The first-order valence-electron chi connectivity index (χ1n) is 10.7. The minimum absolute atomic E-state index is 0.0414. The van der Waals surface area contributed by atoms with Gasteiger partial charge in [0.2, 0.25) is 0 Å². The monoisotopic (exact) mass is 442 g/mol. The summed E-state index contributed by atoms with van der Waals surface area (Å²) in [6.45, 7) is 0.831. The van der Waals surface area contributed by atoms with Gasteiger partial charge in [-0.05, 0) is 62.6 Å². The van der Waals surface area contributed by atoms with Gasteiger partial charge in [0.05, 0.1) is 24.3 Å². The van der Waals surface area contributed by atoms with Crippen LogP contribution in [0.5, 0.6) is 5.75 Å². The number of ether oxygens (including phenoxy) is 2. The Hall–Kier alpha value is -1.83. The van der Waals surface area contributed by atoms with Crippen LogP contribution in [-0.2, 0) is 17.6 Å². The highest BCUT2D eigenvalue weighted by Crippen LogP contribution is 2.35. The second-order valence-electron chi connectivity index (χ2n) is 7.93. The Bertz CT molecular complexity index is 1120. The summed E-state index contributed by atoms with van der Waals surface area (Å²) >= 11 is 3.34. The Morgan fingerprint density at radius 3 is 3.00 bits per heavy atom. The van der Waals surface area contributed by atoms with Crippen LogP contribution in [0, 0.1) is 0 Å². The molecule has 3 heterocycles. The fourth-order valence-electron chi connectivity index (χ4n) is 4.37. The minimum Gasteiger partial charge on any atom is -0.497 e. The van der Waals surface area contributed by atoms with E-state index in [0.717, 1.165) is 71.3 Å². The molecule has 1 saturated heterocycles. The van der Waals surface area contributed by atoms with Crippen LogP contribution in [0.25, 0.3) is 15.9 Å². The van der Waals surface area contributed by atoms with Crippen LogP contribution in [0.3, 0.4) is 0 Å². The van der Waals surface area contributed by atoms with E-state index in [1.54, 1.807) is 34.8 Å². The van der Waals surface area contributed by atoms with Gasteiger partial charge >= 0.3 is 0 Å². The van der Waals surface area contributed by atoms with Crippen molar-refractivity contribution in [2.24, 2.45) is 0 Å². The van der Waals surface area contributed by atoms with E-state index >= 15 is 0 Å². The molecule has 7 heteroatoms. The molecule has 0 unspecified atom stereocenters. The standard InChI is InChI=1S/C23H26N2O3S2/c1-27-16-9-6-7-15(13-16)25-22(26)20-18-10-2-3-11-19(18)30-21(20)24-23(25)29-14-17-8-4-5-12-28-17/h6-7,9,13,17H,2-5,8,10-12,14H2,1H3/t17-/m0/s1. The molecule has 1 aromatic carbocycles. The third kappa shape index (κ3) is 3.79. The SMILES string of the molecule is COc1cccc(-n2c(SC[C@@H]3CCCCO3)nc3sc4c(c3c2=O)CCCC4)c1. The Morgan fingerprint density at radius 1 is 1.27 bits per heavy atom. The van der Waals surface area contributed by atoms with Crippen LogP contribution >= 0.6 is 23.1 Å². The number of thiophene rings is 1. The normalized spacial score (nSPS) is 19.0. The molecule has 158 valence electrons. The highest BCUT2D eigenvalue weighted by molar-refractivity contribution is 7.99. The molecule has 2 aromatic heterocycles. The van der Waals surface area contributed by atoms with Crippen LogP contribution in [0.2, 0.25) is 0 Å². The molecule has 0 radical (unpaired) electrons. The van der Waals surface area contributed by atoms with Crippen molar-refractivity contribution in [1.29, 1.82) is 0 Å². The highest BCUT2D eigenvalue weighted by Gasteiger charge is 2.24. The second-order valence-corrected chi connectivity index (χ2v) is 10.00. The lowest BCUT2D eigenvalue weighted by atomic mass is 9.97. The molecule has 2 aliphatic rings. The van der Waals surface area contributed by atoms with Gasteiger partial charge in [0.1, 0.15) is 10.6 Å². The van der Waals surface area contributed by atoms with Gasteiger partial charge in [-0.3, -0.25) is 9.36 Å². The second kappa shape index (κ2) is 8.73. The van der Waals surface area contributed by atoms with Crippen molar-refractivity contribution in [2.45, 2.75) is 56.2 Å². The number of fused-ring (bicyclic) bond motifs is 3. The van der Waals surface area contributed by atoms with Crippen LogP contribution in [0.4, 0.5) is 0 Å². The molecule has 1 aliphatic heterocycles. The Labute approximate surface area is 184 Å². The van der Waals surface area contributed by atoms with Gasteiger partial charge < -0.3 is 9.47 Å².